The Hall–Kier alpha value is -1.64. The molecule has 0 aliphatic heterocycles. The van der Waals surface area contributed by atoms with Gasteiger partial charge in [0.2, 0.25) is 0 Å². The zero-order chi connectivity index (χ0) is 18.6. The van der Waals surface area contributed by atoms with Gasteiger partial charge in [-0.1, -0.05) is 57.0 Å². The second-order valence-electron chi connectivity index (χ2n) is 6.44. The molecule has 0 spiro atoms. The summed E-state index contributed by atoms with van der Waals surface area (Å²) in [6.07, 6.45) is 6.22. The zero-order valence-electron chi connectivity index (χ0n) is 16.7. The van der Waals surface area contributed by atoms with E-state index in [1.807, 2.05) is 6.07 Å². The molecule has 1 atom stereocenters. The molecule has 150 valence electrons. The predicted octanol–water partition coefficient (Wildman–Crippen LogP) is 3.95. The quantitative estimate of drug-likeness (QED) is 0.232. The van der Waals surface area contributed by atoms with E-state index in [0.29, 0.717) is 0 Å². The number of halogens is 1. The Morgan fingerprint density at radius 3 is 2.67 bits per heavy atom. The fourth-order valence-electron chi connectivity index (χ4n) is 2.77. The highest BCUT2D eigenvalue weighted by Gasteiger charge is 2.08. The van der Waals surface area contributed by atoms with Crippen LogP contribution in [0.4, 0.5) is 0 Å². The maximum Gasteiger partial charge on any atom is 0.191 e. The van der Waals surface area contributed by atoms with E-state index in [-0.39, 0.29) is 30.0 Å². The SMILES string of the molecule is CCCCCN=C(NCCn1cnnc1CC)NC(C)c1ccccc1.I. The first-order valence-electron chi connectivity index (χ1n) is 9.71. The summed E-state index contributed by atoms with van der Waals surface area (Å²) in [5.74, 6) is 1.88. The molecule has 2 N–H and O–H groups in total. The summed E-state index contributed by atoms with van der Waals surface area (Å²) in [6.45, 7) is 8.92. The maximum atomic E-state index is 4.74. The van der Waals surface area contributed by atoms with Crippen LogP contribution in [0.5, 0.6) is 0 Å². The number of aliphatic imine (C=N–C) groups is 1. The molecule has 6 nitrogen and oxygen atoms in total. The summed E-state index contributed by atoms with van der Waals surface area (Å²) in [7, 11) is 0. The van der Waals surface area contributed by atoms with Gasteiger partial charge >= 0.3 is 0 Å². The fourth-order valence-corrected chi connectivity index (χ4v) is 2.77. The smallest absolute Gasteiger partial charge is 0.191 e. The van der Waals surface area contributed by atoms with E-state index in [2.05, 4.69) is 70.4 Å². The molecular formula is C20H33IN6. The molecule has 0 saturated heterocycles. The Balaban J connectivity index is 0.00000364. The fraction of sp³-hybridized carbons (Fsp3) is 0.550. The van der Waals surface area contributed by atoms with Gasteiger partial charge in [0.15, 0.2) is 5.96 Å². The molecule has 0 bridgehead atoms. The second-order valence-corrected chi connectivity index (χ2v) is 6.44. The molecule has 1 unspecified atom stereocenters. The van der Waals surface area contributed by atoms with E-state index >= 15 is 0 Å². The van der Waals surface area contributed by atoms with Crippen molar-refractivity contribution in [1.82, 2.24) is 25.4 Å². The topological polar surface area (TPSA) is 67.1 Å². The van der Waals surface area contributed by atoms with E-state index in [1.54, 1.807) is 6.33 Å². The number of nitrogens with zero attached hydrogens (tertiary/aromatic N) is 4. The highest BCUT2D eigenvalue weighted by atomic mass is 127. The van der Waals surface area contributed by atoms with Gasteiger partial charge in [0, 0.05) is 26.1 Å². The highest BCUT2D eigenvalue weighted by molar-refractivity contribution is 14.0. The molecule has 1 aromatic heterocycles. The van der Waals surface area contributed by atoms with Gasteiger partial charge in [-0.25, -0.2) is 0 Å². The van der Waals surface area contributed by atoms with Crippen LogP contribution in [0, 0.1) is 0 Å². The number of hydrogen-bond donors (Lipinski definition) is 2. The zero-order valence-corrected chi connectivity index (χ0v) is 19.0. The van der Waals surface area contributed by atoms with E-state index in [4.69, 9.17) is 4.99 Å². The van der Waals surface area contributed by atoms with Crippen LogP contribution >= 0.6 is 24.0 Å². The van der Waals surface area contributed by atoms with Crippen LogP contribution in [0.1, 0.15) is 57.5 Å². The van der Waals surface area contributed by atoms with Crippen molar-refractivity contribution in [2.24, 2.45) is 4.99 Å². The first-order valence-corrected chi connectivity index (χ1v) is 9.71. The highest BCUT2D eigenvalue weighted by Crippen LogP contribution is 2.10. The molecule has 27 heavy (non-hydrogen) atoms. The monoisotopic (exact) mass is 484 g/mol. The number of unbranched alkanes of at least 4 members (excludes halogenated alkanes) is 2. The van der Waals surface area contributed by atoms with Crippen LogP contribution in [0.2, 0.25) is 0 Å². The van der Waals surface area contributed by atoms with Crippen LogP contribution in [-0.2, 0) is 13.0 Å². The average Bonchev–Trinajstić information content (AvgIpc) is 3.13. The first kappa shape index (κ1) is 23.4. The summed E-state index contributed by atoms with van der Waals surface area (Å²) >= 11 is 0. The normalized spacial score (nSPS) is 12.3. The Labute approximate surface area is 180 Å². The molecule has 0 aliphatic carbocycles. The third-order valence-corrected chi connectivity index (χ3v) is 4.34. The van der Waals surface area contributed by atoms with Crippen molar-refractivity contribution < 1.29 is 0 Å². The van der Waals surface area contributed by atoms with E-state index < -0.39 is 0 Å². The van der Waals surface area contributed by atoms with Crippen LogP contribution in [0.15, 0.2) is 41.7 Å². The van der Waals surface area contributed by atoms with Crippen molar-refractivity contribution in [3.05, 3.63) is 48.0 Å². The summed E-state index contributed by atoms with van der Waals surface area (Å²) in [5, 5.41) is 15.1. The second kappa shape index (κ2) is 13.5. The number of nitrogens with one attached hydrogen (secondary N) is 2. The molecule has 0 radical (unpaired) electrons. The first-order chi connectivity index (χ1) is 12.7. The van der Waals surface area contributed by atoms with Crippen molar-refractivity contribution in [1.29, 1.82) is 0 Å². The van der Waals surface area contributed by atoms with Gasteiger partial charge in [-0.2, -0.15) is 0 Å². The third kappa shape index (κ3) is 8.28. The van der Waals surface area contributed by atoms with Crippen molar-refractivity contribution in [3.8, 4) is 0 Å². The standard InChI is InChI=1S/C20H32N6.HI/c1-4-6-10-13-21-20(24-17(3)18-11-8-7-9-12-18)22-14-15-26-16-23-25-19(26)5-2;/h7-9,11-12,16-17H,4-6,10,13-15H2,1-3H3,(H2,21,22,24);1H. The van der Waals surface area contributed by atoms with Gasteiger partial charge in [-0.15, -0.1) is 34.2 Å². The number of benzene rings is 1. The molecule has 0 amide bonds. The lowest BCUT2D eigenvalue weighted by Crippen LogP contribution is -2.40. The van der Waals surface area contributed by atoms with Crippen molar-refractivity contribution in [2.75, 3.05) is 13.1 Å². The van der Waals surface area contributed by atoms with Crippen molar-refractivity contribution in [3.63, 3.8) is 0 Å². The van der Waals surface area contributed by atoms with E-state index in [9.17, 15) is 0 Å². The minimum Gasteiger partial charge on any atom is -0.355 e. The number of aromatic nitrogens is 3. The summed E-state index contributed by atoms with van der Waals surface area (Å²) in [5.41, 5.74) is 1.25. The molecule has 0 fully saturated rings. The lowest BCUT2D eigenvalue weighted by molar-refractivity contribution is 0.617. The van der Waals surface area contributed by atoms with Crippen molar-refractivity contribution >= 4 is 29.9 Å². The van der Waals surface area contributed by atoms with Gasteiger partial charge < -0.3 is 15.2 Å². The molecule has 2 rings (SSSR count). The molecule has 0 aliphatic rings. The molecule has 2 aromatic rings. The molecule has 7 heteroatoms. The van der Waals surface area contributed by atoms with Gasteiger partial charge in [-0.3, -0.25) is 4.99 Å². The molecule has 1 aromatic carbocycles. The Morgan fingerprint density at radius 1 is 1.19 bits per heavy atom. The van der Waals surface area contributed by atoms with Crippen LogP contribution in [0.3, 0.4) is 0 Å². The molecule has 1 heterocycles. The third-order valence-electron chi connectivity index (χ3n) is 4.34. The van der Waals surface area contributed by atoms with Crippen LogP contribution in [-0.4, -0.2) is 33.8 Å². The maximum absolute atomic E-state index is 4.74. The molecular weight excluding hydrogens is 451 g/mol. The number of aryl methyl sites for hydroxylation is 1. The van der Waals surface area contributed by atoms with E-state index in [1.165, 1.54) is 18.4 Å². The summed E-state index contributed by atoms with van der Waals surface area (Å²) in [6, 6.07) is 10.6. The molecule has 0 saturated carbocycles. The van der Waals surface area contributed by atoms with Gasteiger partial charge in [0.25, 0.3) is 0 Å². The summed E-state index contributed by atoms with van der Waals surface area (Å²) < 4.78 is 2.09. The summed E-state index contributed by atoms with van der Waals surface area (Å²) in [4.78, 5) is 4.74. The predicted molar refractivity (Wildman–Crippen MR) is 123 cm³/mol. The van der Waals surface area contributed by atoms with Crippen LogP contribution in [0.25, 0.3) is 0 Å². The average molecular weight is 484 g/mol. The minimum absolute atomic E-state index is 0. The Morgan fingerprint density at radius 2 is 1.96 bits per heavy atom. The van der Waals surface area contributed by atoms with Gasteiger partial charge in [0.05, 0.1) is 6.04 Å². The Kier molecular flexibility index (Phi) is 11.7. The van der Waals surface area contributed by atoms with Crippen molar-refractivity contribution in [2.45, 2.75) is 59.0 Å². The van der Waals surface area contributed by atoms with Crippen LogP contribution < -0.4 is 10.6 Å². The largest absolute Gasteiger partial charge is 0.355 e. The minimum atomic E-state index is 0. The number of rotatable bonds is 10. The van der Waals surface area contributed by atoms with Gasteiger partial charge in [0.1, 0.15) is 12.2 Å². The van der Waals surface area contributed by atoms with Gasteiger partial charge in [-0.05, 0) is 18.9 Å². The van der Waals surface area contributed by atoms with E-state index in [0.717, 1.165) is 44.3 Å². The lowest BCUT2D eigenvalue weighted by atomic mass is 10.1. The number of guanidine groups is 1. The Bertz CT molecular complexity index is 656. The number of hydrogen-bond acceptors (Lipinski definition) is 3. The lowest BCUT2D eigenvalue weighted by Gasteiger charge is -2.19.